The smallest absolute Gasteiger partial charge is 0.255 e. The molecule has 6 heteroatoms. The number of rotatable bonds is 3. The van der Waals surface area contributed by atoms with E-state index in [4.69, 9.17) is 16.6 Å². The van der Waals surface area contributed by atoms with Crippen molar-refractivity contribution in [2.75, 3.05) is 13.1 Å². The lowest BCUT2D eigenvalue weighted by Gasteiger charge is -2.34. The van der Waals surface area contributed by atoms with Gasteiger partial charge in [-0.05, 0) is 50.1 Å². The summed E-state index contributed by atoms with van der Waals surface area (Å²) in [6, 6.07) is 20.3. The second-order valence-corrected chi connectivity index (χ2v) is 8.72. The van der Waals surface area contributed by atoms with Gasteiger partial charge < -0.3 is 9.47 Å². The molecule has 5 rings (SSSR count). The quantitative estimate of drug-likeness (QED) is 0.370. The molecule has 1 aliphatic rings. The minimum absolute atomic E-state index is 0.0398. The van der Waals surface area contributed by atoms with Crippen LogP contribution in [0.2, 0.25) is 5.02 Å². The van der Waals surface area contributed by atoms with Crippen LogP contribution in [-0.2, 0) is 0 Å². The topological polar surface area (TPSA) is 38.1 Å². The summed E-state index contributed by atoms with van der Waals surface area (Å²) in [5.41, 5.74) is 4.11. The number of halogens is 2. The van der Waals surface area contributed by atoms with Crippen LogP contribution in [0.1, 0.15) is 34.8 Å². The van der Waals surface area contributed by atoms with Gasteiger partial charge in [0, 0.05) is 24.7 Å². The second-order valence-electron chi connectivity index (χ2n) is 8.31. The minimum atomic E-state index is -0.278. The van der Waals surface area contributed by atoms with E-state index in [1.807, 2.05) is 54.3 Å². The largest absolute Gasteiger partial charge is 0.338 e. The molecule has 0 aliphatic carbocycles. The Labute approximate surface area is 191 Å². The van der Waals surface area contributed by atoms with E-state index in [2.05, 4.69) is 4.57 Å². The standard InChI is InChI=1S/C26H23ClFN3O/c1-17-7-9-22(27)21(15-17)26(32)30-13-11-20(12-14-30)31-24-16-19(28)8-10-23(24)29-25(31)18-5-3-2-4-6-18/h2-10,15-16,20H,11-14H2,1H3. The number of hydrogen-bond acceptors (Lipinski definition) is 2. The Kier molecular flexibility index (Phi) is 5.43. The molecule has 1 fully saturated rings. The maximum atomic E-state index is 14.1. The molecule has 0 atom stereocenters. The highest BCUT2D eigenvalue weighted by Gasteiger charge is 2.28. The highest BCUT2D eigenvalue weighted by Crippen LogP contribution is 2.34. The van der Waals surface area contributed by atoms with Crippen molar-refractivity contribution in [1.29, 1.82) is 0 Å². The first kappa shape index (κ1) is 20.7. The third-order valence-corrected chi connectivity index (χ3v) is 6.48. The summed E-state index contributed by atoms with van der Waals surface area (Å²) >= 11 is 6.29. The van der Waals surface area contributed by atoms with Gasteiger partial charge in [0.05, 0.1) is 21.6 Å². The molecule has 0 bridgehead atoms. The van der Waals surface area contributed by atoms with Crippen LogP contribution in [0.15, 0.2) is 66.7 Å². The van der Waals surface area contributed by atoms with Crippen molar-refractivity contribution >= 4 is 28.5 Å². The number of benzene rings is 3. The number of aromatic nitrogens is 2. The monoisotopic (exact) mass is 447 g/mol. The first-order valence-electron chi connectivity index (χ1n) is 10.8. The Hall–Kier alpha value is -3.18. The number of hydrogen-bond donors (Lipinski definition) is 0. The minimum Gasteiger partial charge on any atom is -0.338 e. The van der Waals surface area contributed by atoms with Crippen LogP contribution in [0.25, 0.3) is 22.4 Å². The molecule has 1 aliphatic heterocycles. The molecule has 0 N–H and O–H groups in total. The summed E-state index contributed by atoms with van der Waals surface area (Å²) < 4.78 is 16.3. The molecule has 2 heterocycles. The molecule has 0 radical (unpaired) electrons. The van der Waals surface area contributed by atoms with Crippen molar-refractivity contribution in [3.8, 4) is 11.4 Å². The Morgan fingerprint density at radius 1 is 1.03 bits per heavy atom. The van der Waals surface area contributed by atoms with Crippen molar-refractivity contribution < 1.29 is 9.18 Å². The Morgan fingerprint density at radius 2 is 1.78 bits per heavy atom. The maximum absolute atomic E-state index is 14.1. The predicted octanol–water partition coefficient (Wildman–Crippen LogP) is 6.28. The zero-order valence-electron chi connectivity index (χ0n) is 17.8. The zero-order valence-corrected chi connectivity index (χ0v) is 18.5. The van der Waals surface area contributed by atoms with Crippen molar-refractivity contribution in [2.45, 2.75) is 25.8 Å². The molecule has 0 unspecified atom stereocenters. The van der Waals surface area contributed by atoms with Gasteiger partial charge in [0.25, 0.3) is 5.91 Å². The van der Waals surface area contributed by atoms with Crippen molar-refractivity contribution in [3.05, 3.63) is 88.7 Å². The number of carbonyl (C=O) groups excluding carboxylic acids is 1. The number of aryl methyl sites for hydroxylation is 1. The lowest BCUT2D eigenvalue weighted by molar-refractivity contribution is 0.0696. The Bertz CT molecular complexity index is 1290. The van der Waals surface area contributed by atoms with Gasteiger partial charge in [-0.1, -0.05) is 53.6 Å². The third-order valence-electron chi connectivity index (χ3n) is 6.15. The lowest BCUT2D eigenvalue weighted by Crippen LogP contribution is -2.39. The van der Waals surface area contributed by atoms with Crippen LogP contribution in [-0.4, -0.2) is 33.4 Å². The molecule has 1 saturated heterocycles. The molecule has 162 valence electrons. The van der Waals surface area contributed by atoms with Gasteiger partial charge in [-0.25, -0.2) is 9.37 Å². The summed E-state index contributed by atoms with van der Waals surface area (Å²) in [5.74, 6) is 0.514. The normalized spacial score (nSPS) is 14.8. The average Bonchev–Trinajstić information content (AvgIpc) is 3.19. The van der Waals surface area contributed by atoms with Crippen LogP contribution in [0.4, 0.5) is 4.39 Å². The molecular weight excluding hydrogens is 425 g/mol. The summed E-state index contributed by atoms with van der Waals surface area (Å²) in [6.45, 7) is 3.17. The van der Waals surface area contributed by atoms with E-state index in [9.17, 15) is 9.18 Å². The van der Waals surface area contributed by atoms with Crippen molar-refractivity contribution in [3.63, 3.8) is 0 Å². The van der Waals surface area contributed by atoms with E-state index in [0.717, 1.165) is 40.8 Å². The van der Waals surface area contributed by atoms with Crippen LogP contribution in [0.5, 0.6) is 0 Å². The number of fused-ring (bicyclic) bond motifs is 1. The number of imidazole rings is 1. The molecule has 3 aromatic carbocycles. The molecule has 0 spiro atoms. The van der Waals surface area contributed by atoms with E-state index in [0.29, 0.717) is 23.7 Å². The van der Waals surface area contributed by atoms with E-state index in [-0.39, 0.29) is 17.8 Å². The van der Waals surface area contributed by atoms with Gasteiger partial charge in [0.15, 0.2) is 0 Å². The number of amides is 1. The highest BCUT2D eigenvalue weighted by atomic mass is 35.5. The van der Waals surface area contributed by atoms with E-state index >= 15 is 0 Å². The summed E-state index contributed by atoms with van der Waals surface area (Å²) in [4.78, 5) is 19.8. The summed E-state index contributed by atoms with van der Waals surface area (Å²) in [5, 5.41) is 0.477. The molecule has 1 amide bonds. The van der Waals surface area contributed by atoms with Gasteiger partial charge in [-0.15, -0.1) is 0 Å². The van der Waals surface area contributed by atoms with E-state index < -0.39 is 0 Å². The van der Waals surface area contributed by atoms with E-state index in [1.165, 1.54) is 6.07 Å². The molecule has 32 heavy (non-hydrogen) atoms. The Morgan fingerprint density at radius 3 is 2.53 bits per heavy atom. The fraction of sp³-hybridized carbons (Fsp3) is 0.231. The maximum Gasteiger partial charge on any atom is 0.255 e. The predicted molar refractivity (Wildman–Crippen MR) is 125 cm³/mol. The van der Waals surface area contributed by atoms with Gasteiger partial charge in [0.2, 0.25) is 0 Å². The van der Waals surface area contributed by atoms with Gasteiger partial charge in [0.1, 0.15) is 11.6 Å². The fourth-order valence-corrected chi connectivity index (χ4v) is 4.73. The first-order valence-corrected chi connectivity index (χ1v) is 11.2. The average molecular weight is 448 g/mol. The van der Waals surface area contributed by atoms with E-state index in [1.54, 1.807) is 18.2 Å². The number of likely N-dealkylation sites (tertiary alicyclic amines) is 1. The number of nitrogens with zero attached hydrogens (tertiary/aromatic N) is 3. The zero-order chi connectivity index (χ0) is 22.2. The SMILES string of the molecule is Cc1ccc(Cl)c(C(=O)N2CCC(n3c(-c4ccccc4)nc4ccc(F)cc43)CC2)c1. The molecule has 4 aromatic rings. The van der Waals surface area contributed by atoms with Gasteiger partial charge in [-0.2, -0.15) is 0 Å². The molecule has 0 saturated carbocycles. The third kappa shape index (κ3) is 3.78. The van der Waals surface area contributed by atoms with Crippen molar-refractivity contribution in [2.24, 2.45) is 0 Å². The molecule has 1 aromatic heterocycles. The lowest BCUT2D eigenvalue weighted by atomic mass is 10.0. The van der Waals surface area contributed by atoms with Crippen LogP contribution >= 0.6 is 11.6 Å². The number of piperidine rings is 1. The first-order chi connectivity index (χ1) is 15.5. The molecule has 4 nitrogen and oxygen atoms in total. The van der Waals surface area contributed by atoms with Crippen LogP contribution in [0.3, 0.4) is 0 Å². The molecular formula is C26H23ClFN3O. The highest BCUT2D eigenvalue weighted by molar-refractivity contribution is 6.33. The summed E-state index contributed by atoms with van der Waals surface area (Å²) in [6.07, 6.45) is 1.52. The van der Waals surface area contributed by atoms with Gasteiger partial charge in [-0.3, -0.25) is 4.79 Å². The summed E-state index contributed by atoms with van der Waals surface area (Å²) in [7, 11) is 0. The van der Waals surface area contributed by atoms with Gasteiger partial charge >= 0.3 is 0 Å². The van der Waals surface area contributed by atoms with Crippen LogP contribution < -0.4 is 0 Å². The van der Waals surface area contributed by atoms with Crippen molar-refractivity contribution in [1.82, 2.24) is 14.5 Å². The number of carbonyl (C=O) groups is 1. The van der Waals surface area contributed by atoms with Crippen LogP contribution in [0, 0.1) is 12.7 Å². The second kappa shape index (κ2) is 8.40. The Balaban J connectivity index is 1.45. The fourth-order valence-electron chi connectivity index (χ4n) is 4.53.